The summed E-state index contributed by atoms with van der Waals surface area (Å²) < 4.78 is 14.7. The van der Waals surface area contributed by atoms with Gasteiger partial charge in [0.25, 0.3) is 0 Å². The molecule has 1 nitrogen and oxygen atoms in total. The van der Waals surface area contributed by atoms with Crippen LogP contribution in [0.1, 0.15) is 70.6 Å². The van der Waals surface area contributed by atoms with Gasteiger partial charge in [0.2, 0.25) is 0 Å². The molecule has 0 aliphatic carbocycles. The van der Waals surface area contributed by atoms with Crippen molar-refractivity contribution in [2.45, 2.75) is 79.0 Å². The molecule has 120 valence electrons. The second-order valence-electron chi connectivity index (χ2n) is 7.23. The predicted molar refractivity (Wildman–Crippen MR) is 88.3 cm³/mol. The smallest absolute Gasteiger partial charge is 0.135 e. The van der Waals surface area contributed by atoms with Crippen LogP contribution in [-0.4, -0.2) is 11.2 Å². The SMILES string of the molecule is CCC(F)(CC)c1ccc(CCC(O)C(C)(C)C)c(C)c1. The molecule has 0 radical (unpaired) electrons. The maximum atomic E-state index is 14.7. The third-order valence-electron chi connectivity index (χ3n) is 4.67. The van der Waals surface area contributed by atoms with Crippen molar-refractivity contribution in [1.29, 1.82) is 0 Å². The third kappa shape index (κ3) is 4.54. The molecule has 1 aromatic carbocycles. The van der Waals surface area contributed by atoms with E-state index in [0.717, 1.165) is 24.0 Å². The highest BCUT2D eigenvalue weighted by Crippen LogP contribution is 2.34. The molecule has 1 N–H and O–H groups in total. The number of benzene rings is 1. The summed E-state index contributed by atoms with van der Waals surface area (Å²) in [6, 6.07) is 5.92. The first-order valence-corrected chi connectivity index (χ1v) is 8.11. The van der Waals surface area contributed by atoms with Crippen molar-refractivity contribution >= 4 is 0 Å². The molecule has 0 aliphatic heterocycles. The van der Waals surface area contributed by atoms with Gasteiger partial charge < -0.3 is 5.11 Å². The van der Waals surface area contributed by atoms with E-state index < -0.39 is 5.67 Å². The molecule has 0 amide bonds. The molecule has 0 saturated carbocycles. The van der Waals surface area contributed by atoms with Crippen LogP contribution in [0.5, 0.6) is 0 Å². The van der Waals surface area contributed by atoms with Gasteiger partial charge >= 0.3 is 0 Å². The van der Waals surface area contributed by atoms with Crippen LogP contribution in [0.4, 0.5) is 4.39 Å². The first-order valence-electron chi connectivity index (χ1n) is 8.11. The van der Waals surface area contributed by atoms with E-state index in [9.17, 15) is 9.50 Å². The molecule has 1 rings (SSSR count). The molecular weight excluding hydrogens is 263 g/mol. The molecule has 1 aromatic rings. The van der Waals surface area contributed by atoms with Crippen molar-refractivity contribution in [1.82, 2.24) is 0 Å². The van der Waals surface area contributed by atoms with Gasteiger partial charge in [0, 0.05) is 0 Å². The number of hydrogen-bond acceptors (Lipinski definition) is 1. The number of aliphatic hydroxyl groups is 1. The van der Waals surface area contributed by atoms with Gasteiger partial charge in [0.15, 0.2) is 0 Å². The van der Waals surface area contributed by atoms with Crippen LogP contribution < -0.4 is 0 Å². The highest BCUT2D eigenvalue weighted by molar-refractivity contribution is 5.34. The first-order chi connectivity index (χ1) is 9.64. The van der Waals surface area contributed by atoms with Crippen LogP contribution in [0.25, 0.3) is 0 Å². The molecule has 0 heterocycles. The third-order valence-corrected chi connectivity index (χ3v) is 4.67. The Morgan fingerprint density at radius 3 is 2.14 bits per heavy atom. The van der Waals surface area contributed by atoms with Crippen molar-refractivity contribution in [3.63, 3.8) is 0 Å². The van der Waals surface area contributed by atoms with Gasteiger partial charge in [0.1, 0.15) is 5.67 Å². The molecule has 2 heteroatoms. The fourth-order valence-electron chi connectivity index (χ4n) is 2.64. The second-order valence-corrected chi connectivity index (χ2v) is 7.23. The van der Waals surface area contributed by atoms with E-state index in [0.29, 0.717) is 12.8 Å². The summed E-state index contributed by atoms with van der Waals surface area (Å²) in [6.07, 6.45) is 2.27. The maximum Gasteiger partial charge on any atom is 0.135 e. The van der Waals surface area contributed by atoms with E-state index in [1.165, 1.54) is 5.56 Å². The Bertz CT molecular complexity index is 455. The summed E-state index contributed by atoms with van der Waals surface area (Å²) in [5.41, 5.74) is 1.81. The average Bonchev–Trinajstić information content (AvgIpc) is 2.43. The molecule has 0 saturated heterocycles. The molecule has 0 bridgehead atoms. The van der Waals surface area contributed by atoms with Crippen LogP contribution in [0.15, 0.2) is 18.2 Å². The van der Waals surface area contributed by atoms with E-state index in [1.54, 1.807) is 0 Å². The zero-order chi connectivity index (χ0) is 16.3. The Morgan fingerprint density at radius 1 is 1.14 bits per heavy atom. The second kappa shape index (κ2) is 6.91. The van der Waals surface area contributed by atoms with Crippen LogP contribution in [0.3, 0.4) is 0 Å². The summed E-state index contributed by atoms with van der Waals surface area (Å²) in [4.78, 5) is 0. The lowest BCUT2D eigenvalue weighted by Crippen LogP contribution is -2.26. The minimum Gasteiger partial charge on any atom is -0.393 e. The number of hydrogen-bond donors (Lipinski definition) is 1. The largest absolute Gasteiger partial charge is 0.393 e. The summed E-state index contributed by atoms with van der Waals surface area (Å²) in [5.74, 6) is 0. The molecule has 0 aromatic heterocycles. The molecular formula is C19H31FO. The van der Waals surface area contributed by atoms with Gasteiger partial charge in [-0.2, -0.15) is 0 Å². The van der Waals surface area contributed by atoms with Gasteiger partial charge in [0.05, 0.1) is 6.10 Å². The van der Waals surface area contributed by atoms with E-state index in [2.05, 4.69) is 0 Å². The van der Waals surface area contributed by atoms with E-state index in [-0.39, 0.29) is 11.5 Å². The number of aryl methyl sites for hydroxylation is 2. The Morgan fingerprint density at radius 2 is 1.71 bits per heavy atom. The molecule has 0 spiro atoms. The van der Waals surface area contributed by atoms with E-state index in [1.807, 2.05) is 59.7 Å². The normalized spacial score (nSPS) is 14.3. The topological polar surface area (TPSA) is 20.2 Å². The molecule has 1 unspecified atom stereocenters. The number of rotatable bonds is 6. The first kappa shape index (κ1) is 18.2. The van der Waals surface area contributed by atoms with Crippen molar-refractivity contribution in [3.8, 4) is 0 Å². The summed E-state index contributed by atoms with van der Waals surface area (Å²) >= 11 is 0. The molecule has 0 aliphatic rings. The van der Waals surface area contributed by atoms with Crippen molar-refractivity contribution in [2.75, 3.05) is 0 Å². The number of aliphatic hydroxyl groups excluding tert-OH is 1. The van der Waals surface area contributed by atoms with Gasteiger partial charge in [-0.15, -0.1) is 0 Å². The van der Waals surface area contributed by atoms with Gasteiger partial charge in [-0.3, -0.25) is 0 Å². The van der Waals surface area contributed by atoms with Crippen molar-refractivity contribution < 1.29 is 9.50 Å². The lowest BCUT2D eigenvalue weighted by Gasteiger charge is -2.26. The Balaban J connectivity index is 2.85. The van der Waals surface area contributed by atoms with Crippen molar-refractivity contribution in [3.05, 3.63) is 34.9 Å². The van der Waals surface area contributed by atoms with Gasteiger partial charge in [-0.05, 0) is 54.7 Å². The van der Waals surface area contributed by atoms with Gasteiger partial charge in [-0.25, -0.2) is 4.39 Å². The van der Waals surface area contributed by atoms with Crippen LogP contribution >= 0.6 is 0 Å². The Kier molecular flexibility index (Phi) is 5.98. The standard InChI is InChI=1S/C19H31FO/c1-7-19(20,8-2)16-11-9-15(14(3)13-16)10-12-17(21)18(4,5)6/h9,11,13,17,21H,7-8,10,12H2,1-6H3. The monoisotopic (exact) mass is 294 g/mol. The van der Waals surface area contributed by atoms with E-state index >= 15 is 0 Å². The number of alkyl halides is 1. The van der Waals surface area contributed by atoms with Crippen LogP contribution in [-0.2, 0) is 12.1 Å². The Labute approximate surface area is 129 Å². The molecule has 1 atom stereocenters. The summed E-state index contributed by atoms with van der Waals surface area (Å²) in [7, 11) is 0. The zero-order valence-corrected chi connectivity index (χ0v) is 14.5. The fraction of sp³-hybridized carbons (Fsp3) is 0.684. The van der Waals surface area contributed by atoms with E-state index in [4.69, 9.17) is 0 Å². The molecule has 0 fully saturated rings. The number of halogens is 1. The highest BCUT2D eigenvalue weighted by Gasteiger charge is 2.28. The van der Waals surface area contributed by atoms with Gasteiger partial charge in [-0.1, -0.05) is 52.8 Å². The van der Waals surface area contributed by atoms with Crippen molar-refractivity contribution in [2.24, 2.45) is 5.41 Å². The predicted octanol–water partition coefficient (Wildman–Crippen LogP) is 5.32. The maximum absolute atomic E-state index is 14.7. The Hall–Kier alpha value is -0.890. The highest BCUT2D eigenvalue weighted by atomic mass is 19.1. The summed E-state index contributed by atoms with van der Waals surface area (Å²) in [6.45, 7) is 12.0. The fourth-order valence-corrected chi connectivity index (χ4v) is 2.64. The zero-order valence-electron chi connectivity index (χ0n) is 14.5. The van der Waals surface area contributed by atoms with Crippen LogP contribution in [0, 0.1) is 12.3 Å². The lowest BCUT2D eigenvalue weighted by molar-refractivity contribution is 0.0559. The quantitative estimate of drug-likeness (QED) is 0.753. The minimum atomic E-state index is -1.21. The molecule has 21 heavy (non-hydrogen) atoms. The lowest BCUT2D eigenvalue weighted by atomic mass is 9.84. The minimum absolute atomic E-state index is 0.0909. The average molecular weight is 294 g/mol. The van der Waals surface area contributed by atoms with Crippen LogP contribution in [0.2, 0.25) is 0 Å². The summed E-state index contributed by atoms with van der Waals surface area (Å²) in [5, 5.41) is 10.1.